The molecule has 112 valence electrons. The molecule has 4 nitrogen and oxygen atoms in total. The highest BCUT2D eigenvalue weighted by molar-refractivity contribution is 5.28. The van der Waals surface area contributed by atoms with E-state index in [1.54, 1.807) is 0 Å². The summed E-state index contributed by atoms with van der Waals surface area (Å²) in [4.78, 5) is 2.26. The fraction of sp³-hybridized carbons (Fsp3) is 0.625. The van der Waals surface area contributed by atoms with E-state index in [1.807, 2.05) is 24.3 Å². The molecule has 1 fully saturated rings. The third-order valence-electron chi connectivity index (χ3n) is 3.48. The van der Waals surface area contributed by atoms with Gasteiger partial charge in [-0.1, -0.05) is 19.1 Å². The number of nitrogens with zero attached hydrogens (tertiary/aromatic N) is 1. The zero-order chi connectivity index (χ0) is 14.2. The first-order valence-corrected chi connectivity index (χ1v) is 7.50. The lowest BCUT2D eigenvalue weighted by Crippen LogP contribution is -2.31. The van der Waals surface area contributed by atoms with Gasteiger partial charge in [0.15, 0.2) is 0 Å². The molecule has 0 amide bonds. The molecule has 0 aliphatic carbocycles. The summed E-state index contributed by atoms with van der Waals surface area (Å²) in [6.45, 7) is 6.97. The normalized spacial score (nSPS) is 18.5. The van der Waals surface area contributed by atoms with Crippen molar-refractivity contribution in [2.24, 2.45) is 0 Å². The Balaban J connectivity index is 1.86. The highest BCUT2D eigenvalue weighted by Gasteiger charge is 2.15. The maximum Gasteiger partial charge on any atom is 0.119 e. The summed E-state index contributed by atoms with van der Waals surface area (Å²) in [6, 6.07) is 7.76. The van der Waals surface area contributed by atoms with E-state index >= 15 is 0 Å². The summed E-state index contributed by atoms with van der Waals surface area (Å²) < 4.78 is 11.0. The fourth-order valence-corrected chi connectivity index (χ4v) is 2.34. The summed E-state index contributed by atoms with van der Waals surface area (Å²) in [5.41, 5.74) is 0.944. The fourth-order valence-electron chi connectivity index (χ4n) is 2.34. The van der Waals surface area contributed by atoms with Gasteiger partial charge in [-0.25, -0.2) is 0 Å². The summed E-state index contributed by atoms with van der Waals surface area (Å²) in [5, 5.41) is 10.3. The second-order valence-electron chi connectivity index (χ2n) is 5.20. The van der Waals surface area contributed by atoms with E-state index in [-0.39, 0.29) is 0 Å². The number of β-amino-alcohol motifs (C(OH)–C–C–N with tert-alkyl or cyclic N) is 1. The van der Waals surface area contributed by atoms with Crippen LogP contribution in [0.5, 0.6) is 5.75 Å². The smallest absolute Gasteiger partial charge is 0.119 e. The Labute approximate surface area is 121 Å². The van der Waals surface area contributed by atoms with Crippen molar-refractivity contribution in [2.75, 3.05) is 39.5 Å². The van der Waals surface area contributed by atoms with E-state index in [4.69, 9.17) is 9.47 Å². The lowest BCUT2D eigenvalue weighted by molar-refractivity contribution is 0.103. The van der Waals surface area contributed by atoms with Gasteiger partial charge in [0.2, 0.25) is 0 Å². The van der Waals surface area contributed by atoms with Gasteiger partial charge in [-0.2, -0.15) is 0 Å². The molecule has 1 heterocycles. The highest BCUT2D eigenvalue weighted by Crippen LogP contribution is 2.19. The lowest BCUT2D eigenvalue weighted by Gasteiger charge is -2.22. The molecule has 0 bridgehead atoms. The van der Waals surface area contributed by atoms with Gasteiger partial charge in [0.1, 0.15) is 5.75 Å². The molecule has 0 saturated carbocycles. The molecule has 1 saturated heterocycles. The number of aliphatic hydroxyl groups is 1. The number of hydrogen-bond acceptors (Lipinski definition) is 4. The molecular weight excluding hydrogens is 254 g/mol. The van der Waals surface area contributed by atoms with Gasteiger partial charge in [0.25, 0.3) is 0 Å². The SMILES string of the molecule is CCCOc1ccc(C(O)CN2CCCOCC2)cc1. The Morgan fingerprint density at radius 3 is 2.80 bits per heavy atom. The van der Waals surface area contributed by atoms with Gasteiger partial charge in [-0.05, 0) is 30.5 Å². The van der Waals surface area contributed by atoms with Crippen LogP contribution in [0.1, 0.15) is 31.4 Å². The molecule has 1 aromatic rings. The van der Waals surface area contributed by atoms with Crippen LogP contribution in [-0.2, 0) is 4.74 Å². The maximum absolute atomic E-state index is 10.3. The average Bonchev–Trinajstić information content (AvgIpc) is 2.74. The van der Waals surface area contributed by atoms with Gasteiger partial charge >= 0.3 is 0 Å². The molecule has 4 heteroatoms. The van der Waals surface area contributed by atoms with E-state index in [1.165, 1.54) is 0 Å². The van der Waals surface area contributed by atoms with Crippen LogP contribution in [0.3, 0.4) is 0 Å². The first kappa shape index (κ1) is 15.3. The van der Waals surface area contributed by atoms with E-state index in [9.17, 15) is 5.11 Å². The third kappa shape index (κ3) is 4.78. The molecule has 0 radical (unpaired) electrons. The zero-order valence-electron chi connectivity index (χ0n) is 12.3. The minimum Gasteiger partial charge on any atom is -0.494 e. The molecule has 1 aliphatic heterocycles. The maximum atomic E-state index is 10.3. The van der Waals surface area contributed by atoms with Crippen molar-refractivity contribution >= 4 is 0 Å². The predicted octanol–water partition coefficient (Wildman–Crippen LogP) is 2.23. The summed E-state index contributed by atoms with van der Waals surface area (Å²) in [5.74, 6) is 0.867. The molecular formula is C16H25NO3. The Bertz CT molecular complexity index is 372. The Hall–Kier alpha value is -1.10. The minimum absolute atomic E-state index is 0.451. The van der Waals surface area contributed by atoms with Crippen molar-refractivity contribution in [3.63, 3.8) is 0 Å². The largest absolute Gasteiger partial charge is 0.494 e. The summed E-state index contributed by atoms with van der Waals surface area (Å²) in [6.07, 6.45) is 1.59. The first-order valence-electron chi connectivity index (χ1n) is 7.50. The van der Waals surface area contributed by atoms with Crippen LogP contribution < -0.4 is 4.74 Å². The topological polar surface area (TPSA) is 41.9 Å². The van der Waals surface area contributed by atoms with Crippen molar-refractivity contribution < 1.29 is 14.6 Å². The molecule has 0 spiro atoms. The third-order valence-corrected chi connectivity index (χ3v) is 3.48. The van der Waals surface area contributed by atoms with Gasteiger partial charge in [-0.3, -0.25) is 4.90 Å². The van der Waals surface area contributed by atoms with Gasteiger partial charge < -0.3 is 14.6 Å². The first-order chi connectivity index (χ1) is 9.79. The van der Waals surface area contributed by atoms with Crippen LogP contribution in [-0.4, -0.2) is 49.5 Å². The molecule has 1 atom stereocenters. The molecule has 1 unspecified atom stereocenters. The number of ether oxygens (including phenoxy) is 2. The van der Waals surface area contributed by atoms with Crippen molar-refractivity contribution in [3.05, 3.63) is 29.8 Å². The van der Waals surface area contributed by atoms with E-state index in [0.717, 1.165) is 57.1 Å². The predicted molar refractivity (Wildman–Crippen MR) is 79.1 cm³/mol. The Kier molecular flexibility index (Phi) is 6.30. The van der Waals surface area contributed by atoms with Crippen LogP contribution in [0.15, 0.2) is 24.3 Å². The standard InChI is InChI=1S/C16H25NO3/c1-2-10-20-15-6-4-14(5-7-15)16(18)13-17-8-3-11-19-12-9-17/h4-7,16,18H,2-3,8-13H2,1H3. The van der Waals surface area contributed by atoms with Crippen molar-refractivity contribution in [3.8, 4) is 5.75 Å². The summed E-state index contributed by atoms with van der Waals surface area (Å²) in [7, 11) is 0. The van der Waals surface area contributed by atoms with Crippen LogP contribution in [0.4, 0.5) is 0 Å². The minimum atomic E-state index is -0.451. The quantitative estimate of drug-likeness (QED) is 0.867. The van der Waals surface area contributed by atoms with E-state index in [2.05, 4.69) is 11.8 Å². The molecule has 0 aromatic heterocycles. The highest BCUT2D eigenvalue weighted by atomic mass is 16.5. The second kappa shape index (κ2) is 8.25. The van der Waals surface area contributed by atoms with Crippen LogP contribution >= 0.6 is 0 Å². The van der Waals surface area contributed by atoms with Crippen molar-refractivity contribution in [1.29, 1.82) is 0 Å². The summed E-state index contributed by atoms with van der Waals surface area (Å²) >= 11 is 0. The van der Waals surface area contributed by atoms with Crippen LogP contribution in [0, 0.1) is 0 Å². The van der Waals surface area contributed by atoms with Crippen LogP contribution in [0.2, 0.25) is 0 Å². The zero-order valence-corrected chi connectivity index (χ0v) is 12.3. The van der Waals surface area contributed by atoms with Gasteiger partial charge in [0.05, 0.1) is 19.3 Å². The van der Waals surface area contributed by atoms with Gasteiger partial charge in [-0.15, -0.1) is 0 Å². The molecule has 1 N–H and O–H groups in total. The number of aliphatic hydroxyl groups excluding tert-OH is 1. The van der Waals surface area contributed by atoms with Gasteiger partial charge in [0, 0.05) is 26.2 Å². The number of benzene rings is 1. The van der Waals surface area contributed by atoms with Crippen molar-refractivity contribution in [2.45, 2.75) is 25.9 Å². The second-order valence-corrected chi connectivity index (χ2v) is 5.20. The van der Waals surface area contributed by atoms with E-state index < -0.39 is 6.10 Å². The molecule has 1 aliphatic rings. The molecule has 1 aromatic carbocycles. The Morgan fingerprint density at radius 1 is 1.25 bits per heavy atom. The van der Waals surface area contributed by atoms with Crippen LogP contribution in [0.25, 0.3) is 0 Å². The molecule has 20 heavy (non-hydrogen) atoms. The average molecular weight is 279 g/mol. The lowest BCUT2D eigenvalue weighted by atomic mass is 10.1. The van der Waals surface area contributed by atoms with Crippen molar-refractivity contribution in [1.82, 2.24) is 4.90 Å². The van der Waals surface area contributed by atoms with E-state index in [0.29, 0.717) is 6.54 Å². The molecule has 2 rings (SSSR count). The number of hydrogen-bond donors (Lipinski definition) is 1. The monoisotopic (exact) mass is 279 g/mol. The number of rotatable bonds is 6. The Morgan fingerprint density at radius 2 is 2.05 bits per heavy atom.